The zero-order valence-corrected chi connectivity index (χ0v) is 14.5. The molecular weight excluding hydrogens is 370 g/mol. The molecule has 2 aromatic carbocycles. The van der Waals surface area contributed by atoms with Crippen LogP contribution in [-0.2, 0) is 31.9 Å². The zero-order chi connectivity index (χ0) is 19.8. The van der Waals surface area contributed by atoms with Crippen LogP contribution in [0.1, 0.15) is 27.8 Å². The number of nitrogens with zero attached hydrogens (tertiary/aromatic N) is 1. The summed E-state index contributed by atoms with van der Waals surface area (Å²) in [5, 5.41) is 2.93. The summed E-state index contributed by atoms with van der Waals surface area (Å²) in [6.45, 7) is 1.57. The summed E-state index contributed by atoms with van der Waals surface area (Å²) >= 11 is 0. The van der Waals surface area contributed by atoms with E-state index in [9.17, 15) is 26.3 Å². The molecule has 0 saturated carbocycles. The SMILES string of the molecule is CN1CCc2ccc(NCc3cc(C(F)(F)F)cc(C(F)(F)F)c3)cc2C1. The Morgan fingerprint density at radius 1 is 0.889 bits per heavy atom. The Morgan fingerprint density at radius 3 is 2.11 bits per heavy atom. The molecule has 0 saturated heterocycles. The van der Waals surface area contributed by atoms with E-state index >= 15 is 0 Å². The van der Waals surface area contributed by atoms with Crippen molar-refractivity contribution in [3.05, 3.63) is 64.2 Å². The highest BCUT2D eigenvalue weighted by molar-refractivity contribution is 5.50. The number of fused-ring (bicyclic) bond motifs is 1. The third-order valence-electron chi connectivity index (χ3n) is 4.55. The number of benzene rings is 2. The number of nitrogens with one attached hydrogen (secondary N) is 1. The van der Waals surface area contributed by atoms with Crippen LogP contribution in [0.3, 0.4) is 0 Å². The van der Waals surface area contributed by atoms with Gasteiger partial charge in [0.15, 0.2) is 0 Å². The summed E-state index contributed by atoms with van der Waals surface area (Å²) in [7, 11) is 1.99. The molecule has 2 aromatic rings. The van der Waals surface area contributed by atoms with E-state index < -0.39 is 23.5 Å². The summed E-state index contributed by atoms with van der Waals surface area (Å²) in [4.78, 5) is 2.15. The molecule has 0 fully saturated rings. The smallest absolute Gasteiger partial charge is 0.381 e. The lowest BCUT2D eigenvalue weighted by atomic mass is 9.99. The van der Waals surface area contributed by atoms with Crippen molar-refractivity contribution in [2.24, 2.45) is 0 Å². The predicted octanol–water partition coefficient (Wildman–Crippen LogP) is 5.32. The van der Waals surface area contributed by atoms with Gasteiger partial charge in [0, 0.05) is 25.3 Å². The van der Waals surface area contributed by atoms with Crippen LogP contribution in [0.15, 0.2) is 36.4 Å². The molecule has 1 heterocycles. The van der Waals surface area contributed by atoms with Gasteiger partial charge >= 0.3 is 12.4 Å². The van der Waals surface area contributed by atoms with Gasteiger partial charge in [-0.15, -0.1) is 0 Å². The monoisotopic (exact) mass is 388 g/mol. The molecule has 0 atom stereocenters. The number of rotatable bonds is 3. The van der Waals surface area contributed by atoms with Gasteiger partial charge < -0.3 is 10.2 Å². The topological polar surface area (TPSA) is 15.3 Å². The Morgan fingerprint density at radius 2 is 1.52 bits per heavy atom. The highest BCUT2D eigenvalue weighted by Crippen LogP contribution is 2.36. The van der Waals surface area contributed by atoms with Crippen molar-refractivity contribution in [1.29, 1.82) is 0 Å². The normalized spacial score (nSPS) is 15.5. The van der Waals surface area contributed by atoms with Gasteiger partial charge in [-0.25, -0.2) is 0 Å². The lowest BCUT2D eigenvalue weighted by Crippen LogP contribution is -2.26. The minimum Gasteiger partial charge on any atom is -0.381 e. The van der Waals surface area contributed by atoms with Gasteiger partial charge in [0.1, 0.15) is 0 Å². The van der Waals surface area contributed by atoms with Crippen LogP contribution < -0.4 is 5.32 Å². The second-order valence-electron chi connectivity index (χ2n) is 6.74. The first-order chi connectivity index (χ1) is 12.5. The summed E-state index contributed by atoms with van der Waals surface area (Å²) in [6, 6.07) is 7.25. The van der Waals surface area contributed by atoms with Gasteiger partial charge in [0.05, 0.1) is 11.1 Å². The third-order valence-corrected chi connectivity index (χ3v) is 4.55. The first-order valence-corrected chi connectivity index (χ1v) is 8.35. The molecule has 0 spiro atoms. The fourth-order valence-electron chi connectivity index (χ4n) is 3.13. The second-order valence-corrected chi connectivity index (χ2v) is 6.74. The fourth-order valence-corrected chi connectivity index (χ4v) is 3.13. The largest absolute Gasteiger partial charge is 0.416 e. The molecule has 0 aliphatic carbocycles. The van der Waals surface area contributed by atoms with Crippen LogP contribution in [-0.4, -0.2) is 18.5 Å². The van der Waals surface area contributed by atoms with E-state index in [0.717, 1.165) is 37.2 Å². The van der Waals surface area contributed by atoms with Crippen molar-refractivity contribution in [3.8, 4) is 0 Å². The first kappa shape index (κ1) is 19.5. The van der Waals surface area contributed by atoms with Crippen LogP contribution in [0.25, 0.3) is 0 Å². The van der Waals surface area contributed by atoms with E-state index in [1.54, 1.807) is 6.07 Å². The predicted molar refractivity (Wildman–Crippen MR) is 90.3 cm³/mol. The average Bonchev–Trinajstić information content (AvgIpc) is 2.57. The number of hydrogen-bond donors (Lipinski definition) is 1. The van der Waals surface area contributed by atoms with Crippen LogP contribution >= 0.6 is 0 Å². The van der Waals surface area contributed by atoms with E-state index in [-0.39, 0.29) is 18.2 Å². The highest BCUT2D eigenvalue weighted by atomic mass is 19.4. The van der Waals surface area contributed by atoms with Crippen molar-refractivity contribution >= 4 is 5.69 Å². The molecule has 0 aromatic heterocycles. The minimum atomic E-state index is -4.84. The molecule has 146 valence electrons. The molecule has 2 nitrogen and oxygen atoms in total. The summed E-state index contributed by atoms with van der Waals surface area (Å²) in [6.07, 6.45) is -8.77. The number of likely N-dealkylation sites (N-methyl/N-ethyl adjacent to an activating group) is 1. The van der Waals surface area contributed by atoms with Crippen LogP contribution in [0.5, 0.6) is 0 Å². The number of halogens is 6. The third kappa shape index (κ3) is 4.74. The van der Waals surface area contributed by atoms with Gasteiger partial charge in [0.2, 0.25) is 0 Å². The van der Waals surface area contributed by atoms with Crippen LogP contribution in [0.2, 0.25) is 0 Å². The van der Waals surface area contributed by atoms with Crippen molar-refractivity contribution in [2.75, 3.05) is 18.9 Å². The zero-order valence-electron chi connectivity index (χ0n) is 14.5. The van der Waals surface area contributed by atoms with Gasteiger partial charge in [-0.3, -0.25) is 0 Å². The molecule has 1 N–H and O–H groups in total. The maximum Gasteiger partial charge on any atom is 0.416 e. The molecule has 1 aliphatic rings. The van der Waals surface area contributed by atoms with E-state index in [2.05, 4.69) is 10.2 Å². The van der Waals surface area contributed by atoms with Crippen molar-refractivity contribution < 1.29 is 26.3 Å². The van der Waals surface area contributed by atoms with Crippen molar-refractivity contribution in [1.82, 2.24) is 4.90 Å². The lowest BCUT2D eigenvalue weighted by Gasteiger charge is -2.25. The quantitative estimate of drug-likeness (QED) is 0.716. The molecule has 27 heavy (non-hydrogen) atoms. The number of alkyl halides is 6. The Balaban J connectivity index is 1.82. The van der Waals surface area contributed by atoms with E-state index in [4.69, 9.17) is 0 Å². The Hall–Kier alpha value is -2.22. The van der Waals surface area contributed by atoms with E-state index in [0.29, 0.717) is 5.69 Å². The molecule has 3 rings (SSSR count). The molecule has 0 radical (unpaired) electrons. The molecule has 0 bridgehead atoms. The average molecular weight is 388 g/mol. The molecule has 0 unspecified atom stereocenters. The van der Waals surface area contributed by atoms with Gasteiger partial charge in [0.25, 0.3) is 0 Å². The summed E-state index contributed by atoms with van der Waals surface area (Å²) in [5.41, 5.74) is 0.287. The van der Waals surface area contributed by atoms with Gasteiger partial charge in [-0.1, -0.05) is 6.07 Å². The number of anilines is 1. The number of hydrogen-bond acceptors (Lipinski definition) is 2. The molecule has 8 heteroatoms. The lowest BCUT2D eigenvalue weighted by molar-refractivity contribution is -0.143. The molecule has 1 aliphatic heterocycles. The maximum atomic E-state index is 12.9. The Labute approximate surface area is 152 Å². The molecular formula is C19H18F6N2. The van der Waals surface area contributed by atoms with Gasteiger partial charge in [-0.2, -0.15) is 26.3 Å². The van der Waals surface area contributed by atoms with Crippen molar-refractivity contribution in [2.45, 2.75) is 31.9 Å². The second kappa shape index (κ2) is 7.07. The van der Waals surface area contributed by atoms with E-state index in [1.165, 1.54) is 5.56 Å². The van der Waals surface area contributed by atoms with Crippen LogP contribution in [0.4, 0.5) is 32.0 Å². The Bertz CT molecular complexity index is 794. The minimum absolute atomic E-state index is 0.0769. The summed E-state index contributed by atoms with van der Waals surface area (Å²) in [5.74, 6) is 0. The molecule has 0 amide bonds. The maximum absolute atomic E-state index is 12.9. The van der Waals surface area contributed by atoms with E-state index in [1.807, 2.05) is 19.2 Å². The summed E-state index contributed by atoms with van der Waals surface area (Å²) < 4.78 is 77.6. The first-order valence-electron chi connectivity index (χ1n) is 8.35. The van der Waals surface area contributed by atoms with Crippen LogP contribution in [0, 0.1) is 0 Å². The standard InChI is InChI=1S/C19H18F6N2/c1-27-5-4-13-2-3-17(8-14(13)11-27)26-10-12-6-15(18(20,21)22)9-16(7-12)19(23,24)25/h2-3,6-9,26H,4-5,10-11H2,1H3. The van der Waals surface area contributed by atoms with Crippen molar-refractivity contribution in [3.63, 3.8) is 0 Å². The highest BCUT2D eigenvalue weighted by Gasteiger charge is 2.36. The fraction of sp³-hybridized carbons (Fsp3) is 0.368. The Kier molecular flexibility index (Phi) is 5.12. The van der Waals surface area contributed by atoms with Gasteiger partial charge in [-0.05, 0) is 60.5 Å².